The molecule has 114 valence electrons. The number of fused-ring (bicyclic) bond motifs is 4. The number of aromatic nitrogens is 3. The summed E-state index contributed by atoms with van der Waals surface area (Å²) < 4.78 is 1.14. The predicted molar refractivity (Wildman–Crippen MR) is 96.9 cm³/mol. The first-order valence-electron chi connectivity index (χ1n) is 8.04. The minimum absolute atomic E-state index is 0.331. The Morgan fingerprint density at radius 1 is 1.04 bits per heavy atom. The third-order valence-electron chi connectivity index (χ3n) is 4.91. The van der Waals surface area contributed by atoms with Crippen LogP contribution in [0, 0.1) is 0 Å². The van der Waals surface area contributed by atoms with E-state index in [1.165, 1.54) is 28.6 Å². The number of imidazole rings is 1. The molecule has 0 amide bonds. The topological polar surface area (TPSA) is 44.5 Å². The normalized spacial score (nSPS) is 17.7. The SMILES string of the molecule is Brc1ccc2[nH]c3c(c2c1)CCCC3c1nc2ccccc2[nH]1. The van der Waals surface area contributed by atoms with E-state index in [4.69, 9.17) is 4.98 Å². The number of aromatic amines is 2. The standard InChI is InChI=1S/C19H16BrN3/c20-11-8-9-15-14(10-11)12-4-3-5-13(18(12)21-15)19-22-16-6-1-2-7-17(16)23-19/h1-2,6-10,13,21H,3-5H2,(H,22,23). The van der Waals surface area contributed by atoms with Crippen molar-refractivity contribution in [3.63, 3.8) is 0 Å². The van der Waals surface area contributed by atoms with Crippen molar-refractivity contribution in [1.29, 1.82) is 0 Å². The second-order valence-corrected chi connectivity index (χ2v) is 7.21. The van der Waals surface area contributed by atoms with Crippen LogP contribution in [0.3, 0.4) is 0 Å². The van der Waals surface area contributed by atoms with Gasteiger partial charge in [-0.15, -0.1) is 0 Å². The molecule has 3 nitrogen and oxygen atoms in total. The molecular weight excluding hydrogens is 350 g/mol. The van der Waals surface area contributed by atoms with Gasteiger partial charge in [0.05, 0.1) is 17.0 Å². The maximum atomic E-state index is 4.84. The minimum Gasteiger partial charge on any atom is -0.358 e. The highest BCUT2D eigenvalue weighted by atomic mass is 79.9. The molecule has 2 heterocycles. The van der Waals surface area contributed by atoms with Gasteiger partial charge in [0, 0.05) is 21.1 Å². The van der Waals surface area contributed by atoms with Crippen LogP contribution in [0.4, 0.5) is 0 Å². The highest BCUT2D eigenvalue weighted by Gasteiger charge is 2.27. The van der Waals surface area contributed by atoms with Crippen LogP contribution in [0.25, 0.3) is 21.9 Å². The Hall–Kier alpha value is -2.07. The van der Waals surface area contributed by atoms with Gasteiger partial charge in [-0.25, -0.2) is 4.98 Å². The molecule has 0 spiro atoms. The van der Waals surface area contributed by atoms with Crippen LogP contribution in [0.5, 0.6) is 0 Å². The zero-order valence-corrected chi connectivity index (χ0v) is 14.2. The molecule has 5 rings (SSSR count). The van der Waals surface area contributed by atoms with E-state index >= 15 is 0 Å². The van der Waals surface area contributed by atoms with Crippen LogP contribution < -0.4 is 0 Å². The van der Waals surface area contributed by atoms with E-state index in [9.17, 15) is 0 Å². The van der Waals surface area contributed by atoms with Gasteiger partial charge in [0.1, 0.15) is 5.82 Å². The molecule has 1 aliphatic rings. The number of rotatable bonds is 1. The van der Waals surface area contributed by atoms with E-state index in [2.05, 4.69) is 62.3 Å². The first-order chi connectivity index (χ1) is 11.3. The van der Waals surface area contributed by atoms with Gasteiger partial charge in [-0.2, -0.15) is 0 Å². The minimum atomic E-state index is 0.331. The lowest BCUT2D eigenvalue weighted by Crippen LogP contribution is -2.11. The molecule has 0 saturated heterocycles. The number of aryl methyl sites for hydroxylation is 1. The monoisotopic (exact) mass is 365 g/mol. The van der Waals surface area contributed by atoms with Gasteiger partial charge in [0.25, 0.3) is 0 Å². The molecule has 0 radical (unpaired) electrons. The Morgan fingerprint density at radius 3 is 2.87 bits per heavy atom. The van der Waals surface area contributed by atoms with E-state index in [-0.39, 0.29) is 0 Å². The zero-order valence-electron chi connectivity index (χ0n) is 12.6. The Balaban J connectivity index is 1.70. The predicted octanol–water partition coefficient (Wildman–Crippen LogP) is 5.27. The summed E-state index contributed by atoms with van der Waals surface area (Å²) in [5, 5.41) is 1.34. The van der Waals surface area contributed by atoms with Crippen molar-refractivity contribution in [3.05, 3.63) is 64.0 Å². The molecular formula is C19H16BrN3. The second-order valence-electron chi connectivity index (χ2n) is 6.29. The second kappa shape index (κ2) is 4.96. The van der Waals surface area contributed by atoms with Crippen molar-refractivity contribution in [2.45, 2.75) is 25.2 Å². The highest BCUT2D eigenvalue weighted by molar-refractivity contribution is 9.10. The molecule has 2 N–H and O–H groups in total. The van der Waals surface area contributed by atoms with Crippen LogP contribution in [0.15, 0.2) is 46.9 Å². The average Bonchev–Trinajstić information content (AvgIpc) is 3.15. The van der Waals surface area contributed by atoms with Crippen molar-refractivity contribution in [3.8, 4) is 0 Å². The average molecular weight is 366 g/mol. The Kier molecular flexibility index (Phi) is 2.89. The van der Waals surface area contributed by atoms with E-state index in [1.54, 1.807) is 0 Å². The smallest absolute Gasteiger partial charge is 0.116 e. The fourth-order valence-corrected chi connectivity index (χ4v) is 4.21. The summed E-state index contributed by atoms with van der Waals surface area (Å²) in [6, 6.07) is 14.7. The fourth-order valence-electron chi connectivity index (χ4n) is 3.85. The summed E-state index contributed by atoms with van der Waals surface area (Å²) in [4.78, 5) is 12.0. The van der Waals surface area contributed by atoms with Gasteiger partial charge < -0.3 is 9.97 Å². The molecule has 1 unspecified atom stereocenters. The lowest BCUT2D eigenvalue weighted by Gasteiger charge is -2.20. The molecule has 4 heteroatoms. The molecule has 23 heavy (non-hydrogen) atoms. The summed E-state index contributed by atoms with van der Waals surface area (Å²) in [5.74, 6) is 1.41. The number of nitrogens with one attached hydrogen (secondary N) is 2. The van der Waals surface area contributed by atoms with Crippen molar-refractivity contribution in [1.82, 2.24) is 15.0 Å². The van der Waals surface area contributed by atoms with Gasteiger partial charge in [-0.1, -0.05) is 28.1 Å². The number of H-pyrrole nitrogens is 2. The zero-order chi connectivity index (χ0) is 15.4. The molecule has 0 saturated carbocycles. The van der Waals surface area contributed by atoms with Crippen LogP contribution in [0.1, 0.15) is 35.8 Å². The lowest BCUT2D eigenvalue weighted by atomic mass is 9.86. The number of hydrogen-bond donors (Lipinski definition) is 2. The Morgan fingerprint density at radius 2 is 1.96 bits per heavy atom. The maximum Gasteiger partial charge on any atom is 0.116 e. The lowest BCUT2D eigenvalue weighted by molar-refractivity contribution is 0.589. The van der Waals surface area contributed by atoms with Crippen molar-refractivity contribution in [2.75, 3.05) is 0 Å². The van der Waals surface area contributed by atoms with Crippen molar-refractivity contribution < 1.29 is 0 Å². The summed E-state index contributed by atoms with van der Waals surface area (Å²) in [5.41, 5.74) is 6.18. The molecule has 4 aromatic rings. The number of hydrogen-bond acceptors (Lipinski definition) is 1. The molecule has 1 atom stereocenters. The molecule has 0 bridgehead atoms. The summed E-state index contributed by atoms with van der Waals surface area (Å²) in [6.45, 7) is 0. The third kappa shape index (κ3) is 2.05. The molecule has 2 aromatic carbocycles. The summed E-state index contributed by atoms with van der Waals surface area (Å²) in [6.07, 6.45) is 3.48. The quantitative estimate of drug-likeness (QED) is 0.473. The molecule has 0 aliphatic heterocycles. The van der Waals surface area contributed by atoms with E-state index in [1.807, 2.05) is 6.07 Å². The van der Waals surface area contributed by atoms with E-state index in [0.29, 0.717) is 5.92 Å². The number of halogens is 1. The van der Waals surface area contributed by atoms with Crippen molar-refractivity contribution in [2.24, 2.45) is 0 Å². The first kappa shape index (κ1) is 13.4. The third-order valence-corrected chi connectivity index (χ3v) is 5.40. The molecule has 0 fully saturated rings. The summed E-state index contributed by atoms with van der Waals surface area (Å²) >= 11 is 3.60. The Labute approximate surface area is 142 Å². The van der Waals surface area contributed by atoms with Gasteiger partial charge in [0.15, 0.2) is 0 Å². The summed E-state index contributed by atoms with van der Waals surface area (Å²) in [7, 11) is 0. The van der Waals surface area contributed by atoms with Crippen molar-refractivity contribution >= 4 is 37.9 Å². The van der Waals surface area contributed by atoms with Crippen LogP contribution in [-0.2, 0) is 6.42 Å². The maximum absolute atomic E-state index is 4.84. The highest BCUT2D eigenvalue weighted by Crippen LogP contribution is 2.39. The Bertz CT molecular complexity index is 995. The van der Waals surface area contributed by atoms with Gasteiger partial charge in [-0.3, -0.25) is 0 Å². The number of benzene rings is 2. The molecule has 1 aliphatic carbocycles. The molecule has 2 aromatic heterocycles. The van der Waals surface area contributed by atoms with Crippen LogP contribution in [-0.4, -0.2) is 15.0 Å². The first-order valence-corrected chi connectivity index (χ1v) is 8.83. The van der Waals surface area contributed by atoms with Crippen LogP contribution in [0.2, 0.25) is 0 Å². The number of para-hydroxylation sites is 2. The number of nitrogens with zero attached hydrogens (tertiary/aromatic N) is 1. The van der Waals surface area contributed by atoms with Gasteiger partial charge in [0.2, 0.25) is 0 Å². The van der Waals surface area contributed by atoms with E-state index in [0.717, 1.165) is 34.2 Å². The fraction of sp³-hybridized carbons (Fsp3) is 0.211. The van der Waals surface area contributed by atoms with E-state index < -0.39 is 0 Å². The van der Waals surface area contributed by atoms with Crippen LogP contribution >= 0.6 is 15.9 Å². The van der Waals surface area contributed by atoms with Gasteiger partial charge >= 0.3 is 0 Å². The van der Waals surface area contributed by atoms with Gasteiger partial charge in [-0.05, 0) is 55.2 Å². The largest absolute Gasteiger partial charge is 0.358 e.